The standard InChI is InChI=1S/C16H18N4O4/c1-11(21)20-14-5-2-4-13(8-14)19-10-12(9-17)16(24)18-7-3-6-15(22)23/h2,4-5,8,10,19H,3,6-7H2,1H3,(H,18,24)(H,20,21)(H,22,23)/b12-10-. The van der Waals surface area contributed by atoms with Gasteiger partial charge in [0.2, 0.25) is 5.91 Å². The van der Waals surface area contributed by atoms with Crippen molar-refractivity contribution in [3.05, 3.63) is 36.0 Å². The topological polar surface area (TPSA) is 131 Å². The number of carboxylic acids is 1. The van der Waals surface area contributed by atoms with Crippen LogP contribution in [0.25, 0.3) is 0 Å². The lowest BCUT2D eigenvalue weighted by atomic mass is 10.2. The van der Waals surface area contributed by atoms with Gasteiger partial charge >= 0.3 is 5.97 Å². The van der Waals surface area contributed by atoms with Gasteiger partial charge in [-0.1, -0.05) is 6.07 Å². The summed E-state index contributed by atoms with van der Waals surface area (Å²) >= 11 is 0. The van der Waals surface area contributed by atoms with Crippen molar-refractivity contribution in [3.8, 4) is 6.07 Å². The van der Waals surface area contributed by atoms with Crippen LogP contribution in [0.15, 0.2) is 36.0 Å². The molecule has 0 aromatic heterocycles. The molecular weight excluding hydrogens is 312 g/mol. The first kappa shape index (κ1) is 18.7. The molecule has 0 unspecified atom stereocenters. The van der Waals surface area contributed by atoms with Crippen LogP contribution in [0.2, 0.25) is 0 Å². The van der Waals surface area contributed by atoms with E-state index in [-0.39, 0.29) is 30.9 Å². The molecule has 0 aliphatic carbocycles. The lowest BCUT2D eigenvalue weighted by Gasteiger charge is -2.07. The molecule has 0 fully saturated rings. The molecule has 0 spiro atoms. The molecule has 0 saturated heterocycles. The summed E-state index contributed by atoms with van der Waals surface area (Å²) < 4.78 is 0. The summed E-state index contributed by atoms with van der Waals surface area (Å²) in [6, 6.07) is 8.54. The molecule has 0 saturated carbocycles. The number of carbonyl (C=O) groups excluding carboxylic acids is 2. The number of carboxylic acid groups (broad SMARTS) is 1. The molecule has 4 N–H and O–H groups in total. The second-order valence-corrected chi connectivity index (χ2v) is 4.83. The number of rotatable bonds is 8. The second kappa shape index (κ2) is 9.63. The van der Waals surface area contributed by atoms with Gasteiger partial charge in [-0.25, -0.2) is 0 Å². The van der Waals surface area contributed by atoms with Gasteiger partial charge in [0.05, 0.1) is 0 Å². The lowest BCUT2D eigenvalue weighted by molar-refractivity contribution is -0.137. The lowest BCUT2D eigenvalue weighted by Crippen LogP contribution is -2.26. The van der Waals surface area contributed by atoms with Gasteiger partial charge in [0, 0.05) is 37.5 Å². The van der Waals surface area contributed by atoms with E-state index in [0.717, 1.165) is 0 Å². The van der Waals surface area contributed by atoms with Gasteiger partial charge in [0.1, 0.15) is 11.6 Å². The van der Waals surface area contributed by atoms with Crippen LogP contribution in [0.3, 0.4) is 0 Å². The number of nitrogens with one attached hydrogen (secondary N) is 3. The van der Waals surface area contributed by atoms with Crippen LogP contribution in [0, 0.1) is 11.3 Å². The van der Waals surface area contributed by atoms with Gasteiger partial charge in [-0.2, -0.15) is 5.26 Å². The van der Waals surface area contributed by atoms with Gasteiger partial charge < -0.3 is 21.1 Å². The molecule has 8 heteroatoms. The van der Waals surface area contributed by atoms with E-state index in [1.807, 2.05) is 0 Å². The molecule has 1 rings (SSSR count). The molecule has 2 amide bonds. The number of aliphatic carboxylic acids is 1. The average molecular weight is 330 g/mol. The van der Waals surface area contributed by atoms with Crippen LogP contribution in [0.5, 0.6) is 0 Å². The number of nitrogens with zero attached hydrogens (tertiary/aromatic N) is 1. The molecular formula is C16H18N4O4. The number of amides is 2. The number of nitriles is 1. The van der Waals surface area contributed by atoms with Crippen molar-refractivity contribution in [2.75, 3.05) is 17.2 Å². The van der Waals surface area contributed by atoms with E-state index in [2.05, 4.69) is 16.0 Å². The molecule has 0 bridgehead atoms. The first-order chi connectivity index (χ1) is 11.4. The maximum Gasteiger partial charge on any atom is 0.303 e. The third-order valence-electron chi connectivity index (χ3n) is 2.78. The molecule has 1 aromatic carbocycles. The Labute approximate surface area is 139 Å². The summed E-state index contributed by atoms with van der Waals surface area (Å²) in [7, 11) is 0. The zero-order chi connectivity index (χ0) is 17.9. The van der Waals surface area contributed by atoms with Crippen molar-refractivity contribution in [1.82, 2.24) is 5.32 Å². The first-order valence-electron chi connectivity index (χ1n) is 7.17. The van der Waals surface area contributed by atoms with Crippen molar-refractivity contribution < 1.29 is 19.5 Å². The van der Waals surface area contributed by atoms with Crippen molar-refractivity contribution in [3.63, 3.8) is 0 Å². The fourth-order valence-corrected chi connectivity index (χ4v) is 1.73. The number of anilines is 2. The maximum absolute atomic E-state index is 11.8. The van der Waals surface area contributed by atoms with Crippen LogP contribution in [-0.2, 0) is 14.4 Å². The Balaban J connectivity index is 2.62. The highest BCUT2D eigenvalue weighted by molar-refractivity contribution is 5.97. The van der Waals surface area contributed by atoms with Gasteiger partial charge in [-0.05, 0) is 24.6 Å². The van der Waals surface area contributed by atoms with Crippen LogP contribution in [-0.4, -0.2) is 29.4 Å². The van der Waals surface area contributed by atoms with Crippen LogP contribution in [0.1, 0.15) is 19.8 Å². The molecule has 0 aliphatic heterocycles. The molecule has 0 heterocycles. The summed E-state index contributed by atoms with van der Waals surface area (Å²) in [6.07, 6.45) is 1.48. The van der Waals surface area contributed by atoms with Crippen molar-refractivity contribution >= 4 is 29.2 Å². The molecule has 8 nitrogen and oxygen atoms in total. The Hall–Kier alpha value is -3.34. The van der Waals surface area contributed by atoms with E-state index >= 15 is 0 Å². The van der Waals surface area contributed by atoms with Crippen molar-refractivity contribution in [1.29, 1.82) is 5.26 Å². The number of hydrogen-bond acceptors (Lipinski definition) is 5. The van der Waals surface area contributed by atoms with E-state index in [4.69, 9.17) is 10.4 Å². The Kier molecular flexibility index (Phi) is 7.51. The Morgan fingerprint density at radius 2 is 2.00 bits per heavy atom. The summed E-state index contributed by atoms with van der Waals surface area (Å²) in [5.41, 5.74) is 1.03. The molecule has 0 atom stereocenters. The third-order valence-corrected chi connectivity index (χ3v) is 2.78. The normalized spacial score (nSPS) is 10.4. The van der Waals surface area contributed by atoms with Gasteiger partial charge in [-0.15, -0.1) is 0 Å². The molecule has 24 heavy (non-hydrogen) atoms. The van der Waals surface area contributed by atoms with Gasteiger partial charge in [-0.3, -0.25) is 14.4 Å². The predicted molar refractivity (Wildman–Crippen MR) is 87.9 cm³/mol. The highest BCUT2D eigenvalue weighted by atomic mass is 16.4. The Bertz CT molecular complexity index is 692. The average Bonchev–Trinajstić information content (AvgIpc) is 2.51. The first-order valence-corrected chi connectivity index (χ1v) is 7.17. The fraction of sp³-hybridized carbons (Fsp3) is 0.250. The fourth-order valence-electron chi connectivity index (χ4n) is 1.73. The van der Waals surface area contributed by atoms with E-state index < -0.39 is 11.9 Å². The molecule has 0 radical (unpaired) electrons. The molecule has 1 aromatic rings. The number of benzene rings is 1. The van der Waals surface area contributed by atoms with Gasteiger partial charge in [0.15, 0.2) is 0 Å². The van der Waals surface area contributed by atoms with E-state index in [1.54, 1.807) is 30.3 Å². The highest BCUT2D eigenvalue weighted by Crippen LogP contribution is 2.15. The number of carbonyl (C=O) groups is 3. The monoisotopic (exact) mass is 330 g/mol. The number of hydrogen-bond donors (Lipinski definition) is 4. The molecule has 126 valence electrons. The quantitative estimate of drug-likeness (QED) is 0.324. The zero-order valence-corrected chi connectivity index (χ0v) is 13.1. The third kappa shape index (κ3) is 7.09. The summed E-state index contributed by atoms with van der Waals surface area (Å²) in [5, 5.41) is 25.4. The minimum Gasteiger partial charge on any atom is -0.481 e. The van der Waals surface area contributed by atoms with E-state index in [0.29, 0.717) is 11.4 Å². The minimum atomic E-state index is -0.944. The summed E-state index contributed by atoms with van der Waals surface area (Å²) in [5.74, 6) is -1.74. The van der Waals surface area contributed by atoms with E-state index in [9.17, 15) is 14.4 Å². The maximum atomic E-state index is 11.8. The van der Waals surface area contributed by atoms with Gasteiger partial charge in [0.25, 0.3) is 5.91 Å². The predicted octanol–water partition coefficient (Wildman–Crippen LogP) is 1.45. The second-order valence-electron chi connectivity index (χ2n) is 4.83. The highest BCUT2D eigenvalue weighted by Gasteiger charge is 2.08. The van der Waals surface area contributed by atoms with Crippen molar-refractivity contribution in [2.45, 2.75) is 19.8 Å². The largest absolute Gasteiger partial charge is 0.481 e. The smallest absolute Gasteiger partial charge is 0.303 e. The van der Waals surface area contributed by atoms with E-state index in [1.165, 1.54) is 13.1 Å². The Morgan fingerprint density at radius 1 is 1.29 bits per heavy atom. The minimum absolute atomic E-state index is 0.0555. The summed E-state index contributed by atoms with van der Waals surface area (Å²) in [4.78, 5) is 33.2. The van der Waals surface area contributed by atoms with Crippen LogP contribution in [0.4, 0.5) is 11.4 Å². The zero-order valence-electron chi connectivity index (χ0n) is 13.1. The summed E-state index contributed by atoms with van der Waals surface area (Å²) in [6.45, 7) is 1.56. The van der Waals surface area contributed by atoms with Crippen molar-refractivity contribution in [2.24, 2.45) is 0 Å². The molecule has 0 aliphatic rings. The van der Waals surface area contributed by atoms with Crippen LogP contribution < -0.4 is 16.0 Å². The Morgan fingerprint density at radius 3 is 2.62 bits per heavy atom. The SMILES string of the molecule is CC(=O)Nc1cccc(N/C=C(/C#N)C(=O)NCCCC(=O)O)c1. The van der Waals surface area contributed by atoms with Crippen LogP contribution >= 0.6 is 0 Å².